The van der Waals surface area contributed by atoms with Crippen molar-refractivity contribution in [1.29, 1.82) is 0 Å². The summed E-state index contributed by atoms with van der Waals surface area (Å²) in [6.07, 6.45) is 2.61. The highest BCUT2D eigenvalue weighted by Crippen LogP contribution is 2.30. The van der Waals surface area contributed by atoms with Crippen molar-refractivity contribution < 1.29 is 14.3 Å². The van der Waals surface area contributed by atoms with Gasteiger partial charge in [-0.25, -0.2) is 0 Å². The molecule has 0 aliphatic carbocycles. The summed E-state index contributed by atoms with van der Waals surface area (Å²) in [4.78, 5) is 16.2. The fraction of sp³-hybridized carbons (Fsp3) is 0.214. The molecule has 1 atom stereocenters. The van der Waals surface area contributed by atoms with Gasteiger partial charge in [-0.1, -0.05) is 12.1 Å². The molecule has 0 spiro atoms. The average Bonchev–Trinajstić information content (AvgIpc) is 3.30. The molecule has 0 saturated carbocycles. The van der Waals surface area contributed by atoms with Crippen LogP contribution in [-0.2, 0) is 0 Å². The van der Waals surface area contributed by atoms with E-state index in [2.05, 4.69) is 30.7 Å². The number of rotatable bonds is 4. The first-order valence-electron chi connectivity index (χ1n) is 7.23. The number of hydrogen-bond donors (Lipinski definition) is 2. The minimum Gasteiger partial charge on any atom is -0.486 e. The summed E-state index contributed by atoms with van der Waals surface area (Å²) in [6.45, 7) is 0.648. The Hall–Kier alpha value is -3.43. The number of fused-ring (bicyclic) bond motifs is 1. The summed E-state index contributed by atoms with van der Waals surface area (Å²) >= 11 is 0. The van der Waals surface area contributed by atoms with Crippen molar-refractivity contribution in [3.63, 3.8) is 0 Å². The molecule has 1 aromatic carbocycles. The van der Waals surface area contributed by atoms with Gasteiger partial charge in [0, 0.05) is 0 Å². The molecule has 3 heterocycles. The van der Waals surface area contributed by atoms with E-state index in [-0.39, 0.29) is 30.3 Å². The van der Waals surface area contributed by atoms with Crippen molar-refractivity contribution in [2.45, 2.75) is 6.10 Å². The lowest BCUT2D eigenvalue weighted by Gasteiger charge is -2.26. The van der Waals surface area contributed by atoms with Gasteiger partial charge in [0.25, 0.3) is 11.9 Å². The molecule has 1 amide bonds. The SMILES string of the molecule is O=C(NCC1COc2ccccc2O1)c1nc(-n2cnnc2)n[nH]1. The lowest BCUT2D eigenvalue weighted by atomic mass is 10.2. The normalized spacial score (nSPS) is 15.9. The number of para-hydroxylation sites is 2. The van der Waals surface area contributed by atoms with Gasteiger partial charge in [-0.15, -0.1) is 15.3 Å². The van der Waals surface area contributed by atoms with Crippen molar-refractivity contribution in [2.24, 2.45) is 0 Å². The lowest BCUT2D eigenvalue weighted by Crippen LogP contribution is -2.41. The van der Waals surface area contributed by atoms with E-state index in [1.807, 2.05) is 24.3 Å². The fourth-order valence-corrected chi connectivity index (χ4v) is 2.23. The molecule has 10 nitrogen and oxygen atoms in total. The van der Waals surface area contributed by atoms with Crippen LogP contribution in [0.4, 0.5) is 0 Å². The number of amides is 1. The van der Waals surface area contributed by atoms with Crippen LogP contribution in [0.25, 0.3) is 5.95 Å². The topological polar surface area (TPSA) is 120 Å². The minimum absolute atomic E-state index is 0.0934. The molecule has 4 rings (SSSR count). The summed E-state index contributed by atoms with van der Waals surface area (Å²) < 4.78 is 12.9. The zero-order chi connectivity index (χ0) is 16.4. The summed E-state index contributed by atoms with van der Waals surface area (Å²) in [7, 11) is 0. The molecule has 122 valence electrons. The summed E-state index contributed by atoms with van der Waals surface area (Å²) in [5.74, 6) is 1.36. The zero-order valence-corrected chi connectivity index (χ0v) is 12.4. The first kappa shape index (κ1) is 14.2. The van der Waals surface area contributed by atoms with Gasteiger partial charge in [-0.05, 0) is 12.1 Å². The van der Waals surface area contributed by atoms with E-state index in [9.17, 15) is 4.79 Å². The predicted octanol–water partition coefficient (Wildman–Crippen LogP) is -0.0448. The molecule has 1 unspecified atom stereocenters. The van der Waals surface area contributed by atoms with Crippen LogP contribution in [0.3, 0.4) is 0 Å². The smallest absolute Gasteiger partial charge is 0.288 e. The summed E-state index contributed by atoms with van der Waals surface area (Å²) in [5.41, 5.74) is 0. The Morgan fingerprint density at radius 3 is 2.92 bits per heavy atom. The first-order valence-corrected chi connectivity index (χ1v) is 7.23. The molecule has 0 saturated heterocycles. The van der Waals surface area contributed by atoms with E-state index < -0.39 is 0 Å². The highest BCUT2D eigenvalue weighted by atomic mass is 16.6. The van der Waals surface area contributed by atoms with Crippen LogP contribution in [0.2, 0.25) is 0 Å². The Labute approximate surface area is 135 Å². The Balaban J connectivity index is 1.36. The van der Waals surface area contributed by atoms with E-state index in [0.717, 1.165) is 0 Å². The van der Waals surface area contributed by atoms with Gasteiger partial charge in [0.15, 0.2) is 11.5 Å². The second-order valence-electron chi connectivity index (χ2n) is 5.06. The maximum Gasteiger partial charge on any atom is 0.288 e. The Morgan fingerprint density at radius 1 is 1.29 bits per heavy atom. The minimum atomic E-state index is -0.385. The quantitative estimate of drug-likeness (QED) is 0.689. The maximum absolute atomic E-state index is 12.1. The predicted molar refractivity (Wildman–Crippen MR) is 80.0 cm³/mol. The molecular formula is C14H13N7O3. The van der Waals surface area contributed by atoms with Gasteiger partial charge in [-0.3, -0.25) is 14.5 Å². The van der Waals surface area contributed by atoms with E-state index in [1.165, 1.54) is 17.2 Å². The van der Waals surface area contributed by atoms with Crippen LogP contribution in [0.15, 0.2) is 36.9 Å². The van der Waals surface area contributed by atoms with Crippen molar-refractivity contribution in [1.82, 2.24) is 35.3 Å². The molecular weight excluding hydrogens is 314 g/mol. The van der Waals surface area contributed by atoms with Crippen LogP contribution in [0.1, 0.15) is 10.6 Å². The van der Waals surface area contributed by atoms with Gasteiger partial charge in [0.1, 0.15) is 25.4 Å². The van der Waals surface area contributed by atoms with Crippen molar-refractivity contribution in [2.75, 3.05) is 13.2 Å². The molecule has 3 aromatic rings. The van der Waals surface area contributed by atoms with E-state index in [0.29, 0.717) is 18.1 Å². The second kappa shape index (κ2) is 5.99. The Bertz CT molecular complexity index is 846. The van der Waals surface area contributed by atoms with Gasteiger partial charge >= 0.3 is 0 Å². The summed E-state index contributed by atoms with van der Waals surface area (Å²) in [5, 5.41) is 16.6. The van der Waals surface area contributed by atoms with Crippen LogP contribution >= 0.6 is 0 Å². The molecule has 1 aliphatic heterocycles. The molecule has 0 fully saturated rings. The number of carbonyl (C=O) groups excluding carboxylic acids is 1. The molecule has 2 N–H and O–H groups in total. The monoisotopic (exact) mass is 327 g/mol. The maximum atomic E-state index is 12.1. The van der Waals surface area contributed by atoms with Crippen molar-refractivity contribution in [3.8, 4) is 17.4 Å². The Morgan fingerprint density at radius 2 is 2.08 bits per heavy atom. The number of ether oxygens (including phenoxy) is 2. The second-order valence-corrected chi connectivity index (χ2v) is 5.06. The third kappa shape index (κ3) is 2.76. The number of carbonyl (C=O) groups is 1. The number of nitrogens with one attached hydrogen (secondary N) is 2. The number of hydrogen-bond acceptors (Lipinski definition) is 7. The lowest BCUT2D eigenvalue weighted by molar-refractivity contribution is 0.0783. The fourth-order valence-electron chi connectivity index (χ4n) is 2.23. The standard InChI is InChI=1S/C14H13N7O3/c22-13(12-18-14(20-19-12)21-7-16-17-8-21)15-5-9-6-23-10-3-1-2-4-11(10)24-9/h1-4,7-9H,5-6H2,(H,15,22)(H,18,19,20). The van der Waals surface area contributed by atoms with E-state index in [1.54, 1.807) is 0 Å². The van der Waals surface area contributed by atoms with Gasteiger partial charge in [0.05, 0.1) is 6.54 Å². The molecule has 10 heteroatoms. The van der Waals surface area contributed by atoms with Crippen LogP contribution in [0.5, 0.6) is 11.5 Å². The number of benzene rings is 1. The molecule has 1 aliphatic rings. The van der Waals surface area contributed by atoms with E-state index in [4.69, 9.17) is 9.47 Å². The first-order chi connectivity index (χ1) is 11.8. The Kier molecular flexibility index (Phi) is 3.54. The molecule has 0 bridgehead atoms. The number of aromatic nitrogens is 6. The van der Waals surface area contributed by atoms with E-state index >= 15 is 0 Å². The molecule has 0 radical (unpaired) electrons. The van der Waals surface area contributed by atoms with Gasteiger partial charge < -0.3 is 14.8 Å². The highest BCUT2D eigenvalue weighted by Gasteiger charge is 2.22. The summed E-state index contributed by atoms with van der Waals surface area (Å²) in [6, 6.07) is 7.40. The molecule has 2 aromatic heterocycles. The third-order valence-electron chi connectivity index (χ3n) is 3.40. The van der Waals surface area contributed by atoms with Crippen LogP contribution in [-0.4, -0.2) is 55.1 Å². The third-order valence-corrected chi connectivity index (χ3v) is 3.40. The zero-order valence-electron chi connectivity index (χ0n) is 12.4. The van der Waals surface area contributed by atoms with Crippen LogP contribution < -0.4 is 14.8 Å². The average molecular weight is 327 g/mol. The number of aromatic amines is 1. The highest BCUT2D eigenvalue weighted by molar-refractivity contribution is 5.90. The number of nitrogens with zero attached hydrogens (tertiary/aromatic N) is 5. The van der Waals surface area contributed by atoms with Crippen molar-refractivity contribution >= 4 is 5.91 Å². The number of H-pyrrole nitrogens is 1. The van der Waals surface area contributed by atoms with Crippen LogP contribution in [0, 0.1) is 0 Å². The van der Waals surface area contributed by atoms with Gasteiger partial charge in [0.2, 0.25) is 5.82 Å². The van der Waals surface area contributed by atoms with Gasteiger partial charge in [-0.2, -0.15) is 4.98 Å². The van der Waals surface area contributed by atoms with Crippen molar-refractivity contribution in [3.05, 3.63) is 42.7 Å². The largest absolute Gasteiger partial charge is 0.486 e. The molecule has 24 heavy (non-hydrogen) atoms.